The lowest BCUT2D eigenvalue weighted by molar-refractivity contribution is -0.119. The third kappa shape index (κ3) is 7.90. The maximum absolute atomic E-state index is 16.1. The minimum absolute atomic E-state index is 0.0149. The molecule has 2 aromatic carbocycles. The van der Waals surface area contributed by atoms with E-state index in [-0.39, 0.29) is 31.1 Å². The first-order valence-corrected chi connectivity index (χ1v) is 17.9. The Morgan fingerprint density at radius 3 is 2.54 bits per heavy atom. The van der Waals surface area contributed by atoms with Gasteiger partial charge in [0.2, 0.25) is 6.41 Å². The lowest BCUT2D eigenvalue weighted by Gasteiger charge is -2.23. The van der Waals surface area contributed by atoms with Crippen molar-refractivity contribution in [3.8, 4) is 45.3 Å². The number of carbonyl (C=O) groups is 1. The van der Waals surface area contributed by atoms with Crippen molar-refractivity contribution in [3.05, 3.63) is 89.5 Å². The zero-order valence-corrected chi connectivity index (χ0v) is 30.5. The van der Waals surface area contributed by atoms with Gasteiger partial charge >= 0.3 is 0 Å². The number of aromatic nitrogens is 3. The van der Waals surface area contributed by atoms with Crippen LogP contribution in [0.4, 0.5) is 14.5 Å². The van der Waals surface area contributed by atoms with E-state index in [2.05, 4.69) is 11.9 Å². The SMILES string of the molecule is C=CC.CC.CNc1cc2c(cc1C=N)-c1nc(-c3cc4n(n3)CCN(C=O)C4)c(c3sccc13)-c1c(F)cc(F)cc1OCCOC/C=C/CO2. The van der Waals surface area contributed by atoms with Gasteiger partial charge in [-0.05, 0) is 36.6 Å². The van der Waals surface area contributed by atoms with E-state index < -0.39 is 11.6 Å². The quantitative estimate of drug-likeness (QED) is 0.109. The highest BCUT2D eigenvalue weighted by Gasteiger charge is 2.29. The van der Waals surface area contributed by atoms with Crippen molar-refractivity contribution in [2.24, 2.45) is 0 Å². The molecule has 2 bridgehead atoms. The highest BCUT2D eigenvalue weighted by atomic mass is 32.1. The van der Waals surface area contributed by atoms with Crippen molar-refractivity contribution in [2.45, 2.75) is 33.9 Å². The molecule has 1 amide bonds. The molecule has 3 aromatic heterocycles. The Kier molecular flexibility index (Phi) is 12.9. The van der Waals surface area contributed by atoms with Gasteiger partial charge in [0.15, 0.2) is 0 Å². The number of thiophene rings is 1. The second-order valence-electron chi connectivity index (χ2n) is 11.4. The minimum atomic E-state index is -0.808. The normalized spacial score (nSPS) is 14.4. The second kappa shape index (κ2) is 17.7. The van der Waals surface area contributed by atoms with Crippen LogP contribution in [0.2, 0.25) is 0 Å². The van der Waals surface area contributed by atoms with Crippen LogP contribution in [-0.4, -0.2) is 72.3 Å². The molecule has 0 saturated heterocycles. The monoisotopic (exact) mass is 728 g/mol. The van der Waals surface area contributed by atoms with E-state index in [0.717, 1.165) is 18.2 Å². The summed E-state index contributed by atoms with van der Waals surface area (Å²) in [6.45, 7) is 11.4. The summed E-state index contributed by atoms with van der Waals surface area (Å²) < 4.78 is 51.3. The largest absolute Gasteiger partial charge is 0.490 e. The molecular formula is C39H42F2N6O4S. The van der Waals surface area contributed by atoms with E-state index >= 15 is 4.39 Å². The maximum atomic E-state index is 16.1. The topological polar surface area (TPSA) is 115 Å². The van der Waals surface area contributed by atoms with Crippen LogP contribution < -0.4 is 14.8 Å². The van der Waals surface area contributed by atoms with E-state index in [0.29, 0.717) is 81.5 Å². The standard InChI is InChI=1S/C34H30F2N6O4S.C3H6.C2H6/c1-38-26-16-28-24(12-20(26)17-37)32-23-4-11-47-34(23)31(33(39-32)27-15-22-18-41(19-43)5-6-42(22)40-27)30-25(36)13-21(35)14-29(30)46-10-9-44-7-2-3-8-45-28;1-3-2;1-2/h2-4,11-17,19,37-38H,5-10,18H2,1H3;3H,1H2,2H3;1-2H3/b3-2+,37-17?;;. The Bertz CT molecular complexity index is 2090. The van der Waals surface area contributed by atoms with Gasteiger partial charge < -0.3 is 29.8 Å². The number of pyridine rings is 1. The highest BCUT2D eigenvalue weighted by molar-refractivity contribution is 7.18. The van der Waals surface area contributed by atoms with Gasteiger partial charge in [-0.1, -0.05) is 26.0 Å². The fraction of sp³-hybridized carbons (Fsp3) is 0.282. The molecule has 0 atom stereocenters. The molecule has 2 aliphatic heterocycles. The van der Waals surface area contributed by atoms with Gasteiger partial charge in [-0.15, -0.1) is 17.9 Å². The molecule has 7 rings (SSSR count). The summed E-state index contributed by atoms with van der Waals surface area (Å²) in [5.41, 5.74) is 4.56. The number of nitrogens with one attached hydrogen (secondary N) is 2. The molecule has 272 valence electrons. The summed E-state index contributed by atoms with van der Waals surface area (Å²) in [5.74, 6) is -1.05. The molecule has 2 aliphatic rings. The molecule has 52 heavy (non-hydrogen) atoms. The number of carbonyl (C=O) groups excluding carboxylic acids is 1. The summed E-state index contributed by atoms with van der Waals surface area (Å²) >= 11 is 1.39. The molecule has 0 radical (unpaired) electrons. The molecule has 0 aliphatic carbocycles. The van der Waals surface area contributed by atoms with E-state index in [1.807, 2.05) is 67.3 Å². The average molecular weight is 729 g/mol. The van der Waals surface area contributed by atoms with Crippen LogP contribution in [0.3, 0.4) is 0 Å². The van der Waals surface area contributed by atoms with Gasteiger partial charge in [-0.2, -0.15) is 5.10 Å². The second-order valence-corrected chi connectivity index (χ2v) is 12.3. The number of halogens is 2. The number of benzene rings is 2. The molecule has 0 unspecified atom stereocenters. The number of anilines is 1. The predicted molar refractivity (Wildman–Crippen MR) is 204 cm³/mol. The molecule has 0 spiro atoms. The third-order valence-corrected chi connectivity index (χ3v) is 9.06. The fourth-order valence-electron chi connectivity index (χ4n) is 5.92. The van der Waals surface area contributed by atoms with Crippen molar-refractivity contribution in [3.63, 3.8) is 0 Å². The van der Waals surface area contributed by atoms with Crippen LogP contribution in [0.15, 0.2) is 66.6 Å². The first kappa shape index (κ1) is 37.8. The van der Waals surface area contributed by atoms with Gasteiger partial charge in [0.05, 0.1) is 43.3 Å². The number of allylic oxidation sites excluding steroid dienone is 1. The van der Waals surface area contributed by atoms with Gasteiger partial charge in [0.25, 0.3) is 0 Å². The Balaban J connectivity index is 0.000000995. The Morgan fingerprint density at radius 1 is 1.00 bits per heavy atom. The van der Waals surface area contributed by atoms with Crippen molar-refractivity contribution in [1.29, 1.82) is 5.41 Å². The molecule has 5 heterocycles. The van der Waals surface area contributed by atoms with Crippen LogP contribution in [0.25, 0.3) is 43.9 Å². The lowest BCUT2D eigenvalue weighted by Crippen LogP contribution is -2.32. The van der Waals surface area contributed by atoms with E-state index in [1.165, 1.54) is 23.6 Å². The zero-order valence-electron chi connectivity index (χ0n) is 29.7. The smallest absolute Gasteiger partial charge is 0.210 e. The highest BCUT2D eigenvalue weighted by Crippen LogP contribution is 2.48. The van der Waals surface area contributed by atoms with Gasteiger partial charge in [0.1, 0.15) is 47.7 Å². The molecule has 0 saturated carbocycles. The summed E-state index contributed by atoms with van der Waals surface area (Å²) in [6, 6.07) is 9.42. The maximum Gasteiger partial charge on any atom is 0.210 e. The molecule has 10 nitrogen and oxygen atoms in total. The first-order chi connectivity index (χ1) is 25.4. The number of rotatable bonds is 4. The van der Waals surface area contributed by atoms with Crippen LogP contribution in [0.1, 0.15) is 32.0 Å². The molecule has 2 N–H and O–H groups in total. The van der Waals surface area contributed by atoms with Crippen LogP contribution in [-0.2, 0) is 22.6 Å². The Morgan fingerprint density at radius 2 is 1.79 bits per heavy atom. The number of amides is 1. The molecule has 13 heteroatoms. The van der Waals surface area contributed by atoms with Crippen molar-refractivity contribution < 1.29 is 27.8 Å². The number of hydrogen-bond donors (Lipinski definition) is 2. The zero-order chi connectivity index (χ0) is 37.2. The molecular weight excluding hydrogens is 687 g/mol. The van der Waals surface area contributed by atoms with E-state index in [1.54, 1.807) is 18.0 Å². The summed E-state index contributed by atoms with van der Waals surface area (Å²) in [6.07, 6.45) is 7.48. The fourth-order valence-corrected chi connectivity index (χ4v) is 6.87. The van der Waals surface area contributed by atoms with E-state index in [4.69, 9.17) is 29.7 Å². The lowest BCUT2D eigenvalue weighted by atomic mass is 9.95. The van der Waals surface area contributed by atoms with Crippen molar-refractivity contribution in [1.82, 2.24) is 19.7 Å². The first-order valence-electron chi connectivity index (χ1n) is 17.0. The van der Waals surface area contributed by atoms with Crippen LogP contribution >= 0.6 is 11.3 Å². The predicted octanol–water partition coefficient (Wildman–Crippen LogP) is 8.35. The Hall–Kier alpha value is -5.40. The molecule has 5 aromatic rings. The summed E-state index contributed by atoms with van der Waals surface area (Å²) in [4.78, 5) is 18.4. The minimum Gasteiger partial charge on any atom is -0.490 e. The number of hydrogen-bond acceptors (Lipinski definition) is 9. The average Bonchev–Trinajstić information content (AvgIpc) is 3.82. The van der Waals surface area contributed by atoms with Crippen LogP contribution in [0, 0.1) is 17.0 Å². The van der Waals surface area contributed by atoms with E-state index in [9.17, 15) is 9.18 Å². The van der Waals surface area contributed by atoms with Gasteiger partial charge in [0, 0.05) is 70.5 Å². The van der Waals surface area contributed by atoms with Crippen molar-refractivity contribution in [2.75, 3.05) is 45.3 Å². The summed E-state index contributed by atoms with van der Waals surface area (Å²) in [5, 5.41) is 18.7. The number of fused-ring (bicyclic) bond motifs is 11. The van der Waals surface area contributed by atoms with Gasteiger partial charge in [-0.3, -0.25) is 9.48 Å². The summed E-state index contributed by atoms with van der Waals surface area (Å²) in [7, 11) is 1.77. The molecule has 0 fully saturated rings. The Labute approximate surface area is 305 Å². The van der Waals surface area contributed by atoms with Gasteiger partial charge in [-0.25, -0.2) is 13.8 Å². The van der Waals surface area contributed by atoms with Crippen molar-refractivity contribution >= 4 is 39.7 Å². The van der Waals surface area contributed by atoms with Crippen LogP contribution in [0.5, 0.6) is 11.5 Å². The number of ether oxygens (including phenoxy) is 3. The number of nitrogens with zero attached hydrogens (tertiary/aromatic N) is 4. The third-order valence-electron chi connectivity index (χ3n) is 8.13.